The molecule has 1 saturated carbocycles. The molecule has 3 N–H and O–H groups in total. The third-order valence-corrected chi connectivity index (χ3v) is 2.66. The number of amides is 2. The molecular formula is C8H12N2O2. The van der Waals surface area contributed by atoms with Crippen LogP contribution in [0.15, 0.2) is 0 Å². The first-order valence-electron chi connectivity index (χ1n) is 4.27. The summed E-state index contributed by atoms with van der Waals surface area (Å²) < 4.78 is 0. The summed E-state index contributed by atoms with van der Waals surface area (Å²) in [6.45, 7) is 0. The molecule has 0 aromatic rings. The molecule has 2 aliphatic rings. The maximum Gasteiger partial charge on any atom is 0.223 e. The average molecular weight is 168 g/mol. The number of nitrogens with one attached hydrogen (secondary N) is 1. The molecule has 2 amide bonds. The van der Waals surface area contributed by atoms with Crippen molar-refractivity contribution in [3.63, 3.8) is 0 Å². The van der Waals surface area contributed by atoms with E-state index in [2.05, 4.69) is 5.32 Å². The van der Waals surface area contributed by atoms with E-state index in [1.54, 1.807) is 0 Å². The number of primary amides is 1. The quantitative estimate of drug-likeness (QED) is 0.577. The number of nitrogens with two attached hydrogens (primary N) is 1. The van der Waals surface area contributed by atoms with Gasteiger partial charge in [-0.05, 0) is 18.8 Å². The van der Waals surface area contributed by atoms with E-state index in [1.165, 1.54) is 0 Å². The van der Waals surface area contributed by atoms with Crippen molar-refractivity contribution in [1.29, 1.82) is 0 Å². The van der Waals surface area contributed by atoms with Crippen LogP contribution in [0.25, 0.3) is 0 Å². The van der Waals surface area contributed by atoms with Crippen molar-refractivity contribution in [2.75, 3.05) is 0 Å². The Morgan fingerprint density at radius 1 is 1.50 bits per heavy atom. The van der Waals surface area contributed by atoms with E-state index in [0.29, 0.717) is 5.92 Å². The van der Waals surface area contributed by atoms with E-state index in [9.17, 15) is 9.59 Å². The topological polar surface area (TPSA) is 72.2 Å². The monoisotopic (exact) mass is 168 g/mol. The standard InChI is InChI=1S/C8H12N2O2/c9-8(12)5-3-6(11)10-7(5)4-1-2-4/h4-5,7H,1-3H2,(H2,9,12)(H,10,11). The summed E-state index contributed by atoms with van der Waals surface area (Å²) >= 11 is 0. The highest BCUT2D eigenvalue weighted by Gasteiger charge is 2.44. The summed E-state index contributed by atoms with van der Waals surface area (Å²) in [6.07, 6.45) is 2.53. The minimum absolute atomic E-state index is 0.0318. The number of hydrogen-bond acceptors (Lipinski definition) is 2. The molecule has 4 heteroatoms. The maximum absolute atomic E-state index is 11.0. The fourth-order valence-electron chi connectivity index (χ4n) is 1.85. The largest absolute Gasteiger partial charge is 0.369 e. The lowest BCUT2D eigenvalue weighted by atomic mass is 9.96. The fourth-order valence-corrected chi connectivity index (χ4v) is 1.85. The molecule has 0 spiro atoms. The molecular weight excluding hydrogens is 156 g/mol. The van der Waals surface area contributed by atoms with Crippen molar-refractivity contribution < 1.29 is 9.59 Å². The molecule has 12 heavy (non-hydrogen) atoms. The summed E-state index contributed by atoms with van der Waals surface area (Å²) in [5.41, 5.74) is 5.18. The zero-order chi connectivity index (χ0) is 8.72. The Morgan fingerprint density at radius 2 is 2.17 bits per heavy atom. The van der Waals surface area contributed by atoms with Crippen LogP contribution in [0.2, 0.25) is 0 Å². The molecule has 1 aliphatic carbocycles. The van der Waals surface area contributed by atoms with Gasteiger partial charge in [-0.3, -0.25) is 9.59 Å². The van der Waals surface area contributed by atoms with Crippen molar-refractivity contribution in [3.05, 3.63) is 0 Å². The molecule has 66 valence electrons. The molecule has 0 radical (unpaired) electrons. The molecule has 0 aromatic carbocycles. The first-order chi connectivity index (χ1) is 5.68. The van der Waals surface area contributed by atoms with Gasteiger partial charge in [0.05, 0.1) is 5.92 Å². The van der Waals surface area contributed by atoms with E-state index in [-0.39, 0.29) is 30.2 Å². The Hall–Kier alpha value is -1.06. The molecule has 2 fully saturated rings. The van der Waals surface area contributed by atoms with E-state index in [1.807, 2.05) is 0 Å². The number of hydrogen-bond donors (Lipinski definition) is 2. The summed E-state index contributed by atoms with van der Waals surface area (Å²) in [4.78, 5) is 21.9. The molecule has 1 aliphatic heterocycles. The van der Waals surface area contributed by atoms with Crippen LogP contribution >= 0.6 is 0 Å². The normalized spacial score (nSPS) is 34.8. The van der Waals surface area contributed by atoms with Gasteiger partial charge in [0.15, 0.2) is 0 Å². The van der Waals surface area contributed by atoms with Crippen LogP contribution in [0.4, 0.5) is 0 Å². The highest BCUT2D eigenvalue weighted by Crippen LogP contribution is 2.38. The second-order valence-corrected chi connectivity index (χ2v) is 3.64. The molecule has 1 saturated heterocycles. The van der Waals surface area contributed by atoms with Crippen molar-refractivity contribution in [2.45, 2.75) is 25.3 Å². The second kappa shape index (κ2) is 2.47. The Bertz CT molecular complexity index is 235. The van der Waals surface area contributed by atoms with Gasteiger partial charge < -0.3 is 11.1 Å². The third kappa shape index (κ3) is 1.17. The lowest BCUT2D eigenvalue weighted by molar-refractivity contribution is -0.124. The highest BCUT2D eigenvalue weighted by atomic mass is 16.2. The number of carbonyl (C=O) groups excluding carboxylic acids is 2. The SMILES string of the molecule is NC(=O)C1CC(=O)NC1C1CC1. The van der Waals surface area contributed by atoms with Gasteiger partial charge in [-0.15, -0.1) is 0 Å². The van der Waals surface area contributed by atoms with Crippen LogP contribution in [0, 0.1) is 11.8 Å². The van der Waals surface area contributed by atoms with Crippen molar-refractivity contribution in [2.24, 2.45) is 17.6 Å². The van der Waals surface area contributed by atoms with E-state index in [4.69, 9.17) is 5.73 Å². The van der Waals surface area contributed by atoms with Gasteiger partial charge in [0, 0.05) is 12.5 Å². The zero-order valence-electron chi connectivity index (χ0n) is 6.75. The summed E-state index contributed by atoms with van der Waals surface area (Å²) in [6, 6.07) is 0.0370. The predicted molar refractivity (Wildman–Crippen MR) is 42.0 cm³/mol. The molecule has 4 nitrogen and oxygen atoms in total. The molecule has 2 rings (SSSR count). The van der Waals surface area contributed by atoms with E-state index < -0.39 is 0 Å². The van der Waals surface area contributed by atoms with Gasteiger partial charge in [-0.1, -0.05) is 0 Å². The lowest BCUT2D eigenvalue weighted by Crippen LogP contribution is -2.37. The van der Waals surface area contributed by atoms with E-state index in [0.717, 1.165) is 12.8 Å². The minimum atomic E-state index is -0.342. The summed E-state index contributed by atoms with van der Waals surface area (Å²) in [5.74, 6) is -0.125. The van der Waals surface area contributed by atoms with Gasteiger partial charge in [-0.2, -0.15) is 0 Å². The minimum Gasteiger partial charge on any atom is -0.369 e. The van der Waals surface area contributed by atoms with Crippen molar-refractivity contribution in [3.8, 4) is 0 Å². The first kappa shape index (κ1) is 7.58. The van der Waals surface area contributed by atoms with Crippen LogP contribution in [0.1, 0.15) is 19.3 Å². The summed E-state index contributed by atoms with van der Waals surface area (Å²) in [5, 5.41) is 2.81. The van der Waals surface area contributed by atoms with Gasteiger partial charge >= 0.3 is 0 Å². The second-order valence-electron chi connectivity index (χ2n) is 3.64. The Kier molecular flexibility index (Phi) is 1.56. The van der Waals surface area contributed by atoms with Crippen LogP contribution in [-0.4, -0.2) is 17.9 Å². The van der Waals surface area contributed by atoms with Crippen LogP contribution < -0.4 is 11.1 Å². The highest BCUT2D eigenvalue weighted by molar-refractivity contribution is 5.89. The Labute approximate surface area is 70.5 Å². The number of carbonyl (C=O) groups is 2. The van der Waals surface area contributed by atoms with Gasteiger partial charge in [0.1, 0.15) is 0 Å². The van der Waals surface area contributed by atoms with E-state index >= 15 is 0 Å². The van der Waals surface area contributed by atoms with Gasteiger partial charge in [-0.25, -0.2) is 0 Å². The first-order valence-corrected chi connectivity index (χ1v) is 4.27. The van der Waals surface area contributed by atoms with Crippen LogP contribution in [0.5, 0.6) is 0 Å². The van der Waals surface area contributed by atoms with Crippen molar-refractivity contribution in [1.82, 2.24) is 5.32 Å². The fraction of sp³-hybridized carbons (Fsp3) is 0.750. The zero-order valence-corrected chi connectivity index (χ0v) is 6.75. The van der Waals surface area contributed by atoms with Crippen LogP contribution in [-0.2, 0) is 9.59 Å². The lowest BCUT2D eigenvalue weighted by Gasteiger charge is -2.14. The van der Waals surface area contributed by atoms with Crippen LogP contribution in [0.3, 0.4) is 0 Å². The van der Waals surface area contributed by atoms with Crippen molar-refractivity contribution >= 4 is 11.8 Å². The molecule has 2 atom stereocenters. The summed E-state index contributed by atoms with van der Waals surface area (Å²) in [7, 11) is 0. The molecule has 2 unspecified atom stereocenters. The van der Waals surface area contributed by atoms with Gasteiger partial charge in [0.25, 0.3) is 0 Å². The molecule has 1 heterocycles. The van der Waals surface area contributed by atoms with Gasteiger partial charge in [0.2, 0.25) is 11.8 Å². The molecule has 0 aromatic heterocycles. The Balaban J connectivity index is 2.09. The molecule has 0 bridgehead atoms. The Morgan fingerprint density at radius 3 is 2.67 bits per heavy atom. The average Bonchev–Trinajstić information content (AvgIpc) is 2.75. The maximum atomic E-state index is 11.0. The smallest absolute Gasteiger partial charge is 0.223 e. The number of rotatable bonds is 2. The third-order valence-electron chi connectivity index (χ3n) is 2.66. The predicted octanol–water partition coefficient (Wildman–Crippen LogP) is -0.614.